The molecular weight excluding hydrogens is 279 g/mol. The molecule has 0 saturated heterocycles. The van der Waals surface area contributed by atoms with Crippen molar-refractivity contribution in [1.82, 2.24) is 0 Å². The number of rotatable bonds is 2. The highest BCUT2D eigenvalue weighted by atomic mass is 19.4. The summed E-state index contributed by atoms with van der Waals surface area (Å²) in [6.45, 7) is 3.30. The Morgan fingerprint density at radius 2 is 1.67 bits per heavy atom. The molecule has 0 heterocycles. The van der Waals surface area contributed by atoms with E-state index in [1.54, 1.807) is 18.2 Å². The topological polar surface area (TPSA) is 43.1 Å². The van der Waals surface area contributed by atoms with E-state index in [1.807, 2.05) is 6.92 Å². The molecule has 0 aromatic heterocycles. The fourth-order valence-corrected chi connectivity index (χ4v) is 2.11. The fourth-order valence-electron chi connectivity index (χ4n) is 2.11. The first kappa shape index (κ1) is 15.1. The Bertz CT molecular complexity index is 705. The normalized spacial score (nSPS) is 11.5. The summed E-state index contributed by atoms with van der Waals surface area (Å²) in [7, 11) is 0. The van der Waals surface area contributed by atoms with E-state index in [0.717, 1.165) is 17.7 Å². The highest BCUT2D eigenvalue weighted by molar-refractivity contribution is 6.13. The Balaban J connectivity index is 2.47. The van der Waals surface area contributed by atoms with Gasteiger partial charge in [-0.05, 0) is 43.7 Å². The molecule has 0 saturated carbocycles. The summed E-state index contributed by atoms with van der Waals surface area (Å²) in [5.41, 5.74) is 6.97. The van der Waals surface area contributed by atoms with Gasteiger partial charge < -0.3 is 5.73 Å². The van der Waals surface area contributed by atoms with Crippen molar-refractivity contribution in [2.24, 2.45) is 0 Å². The van der Waals surface area contributed by atoms with Crippen LogP contribution in [0.4, 0.5) is 18.9 Å². The lowest BCUT2D eigenvalue weighted by Gasteiger charge is -2.12. The van der Waals surface area contributed by atoms with E-state index in [4.69, 9.17) is 5.73 Å². The number of hydrogen-bond donors (Lipinski definition) is 1. The molecule has 2 rings (SSSR count). The first-order valence-corrected chi connectivity index (χ1v) is 6.29. The minimum absolute atomic E-state index is 0.223. The molecule has 0 bridgehead atoms. The largest absolute Gasteiger partial charge is 0.416 e. The number of carbonyl (C=O) groups excluding carboxylic acids is 1. The number of nitrogens with two attached hydrogens (primary N) is 1. The first-order valence-electron chi connectivity index (χ1n) is 6.29. The Labute approximate surface area is 120 Å². The van der Waals surface area contributed by atoms with Gasteiger partial charge in [-0.1, -0.05) is 17.7 Å². The van der Waals surface area contributed by atoms with Gasteiger partial charge in [0, 0.05) is 16.8 Å². The minimum atomic E-state index is -4.42. The number of ketones is 1. The van der Waals surface area contributed by atoms with Crippen LogP contribution in [0.25, 0.3) is 0 Å². The van der Waals surface area contributed by atoms with Crippen molar-refractivity contribution in [3.05, 3.63) is 64.2 Å². The van der Waals surface area contributed by atoms with Crippen LogP contribution < -0.4 is 5.73 Å². The maximum atomic E-state index is 12.6. The van der Waals surface area contributed by atoms with Crippen LogP contribution in [-0.4, -0.2) is 5.78 Å². The van der Waals surface area contributed by atoms with Crippen LogP contribution in [0.3, 0.4) is 0 Å². The van der Waals surface area contributed by atoms with Crippen LogP contribution >= 0.6 is 0 Å². The van der Waals surface area contributed by atoms with Gasteiger partial charge in [-0.2, -0.15) is 13.2 Å². The first-order chi connectivity index (χ1) is 9.70. The van der Waals surface area contributed by atoms with E-state index in [-0.39, 0.29) is 16.9 Å². The quantitative estimate of drug-likeness (QED) is 0.668. The van der Waals surface area contributed by atoms with Crippen molar-refractivity contribution >= 4 is 11.5 Å². The number of alkyl halides is 3. The standard InChI is InChI=1S/C16H14F3NO/c1-9-3-6-14(20)13(7-9)15(21)12-5-4-11(8-10(12)2)16(17,18)19/h3-8H,20H2,1-2H3. The van der Waals surface area contributed by atoms with Crippen LogP contribution in [0.2, 0.25) is 0 Å². The molecule has 0 aliphatic rings. The van der Waals surface area contributed by atoms with Gasteiger partial charge in [0.2, 0.25) is 0 Å². The van der Waals surface area contributed by atoms with Crippen molar-refractivity contribution in [3.63, 3.8) is 0 Å². The van der Waals surface area contributed by atoms with Crippen LogP contribution in [0.5, 0.6) is 0 Å². The number of aryl methyl sites for hydroxylation is 2. The number of carbonyl (C=O) groups is 1. The summed E-state index contributed by atoms with van der Waals surface area (Å²) in [5.74, 6) is -0.373. The molecular formula is C16H14F3NO. The minimum Gasteiger partial charge on any atom is -0.398 e. The Morgan fingerprint density at radius 1 is 1.00 bits per heavy atom. The zero-order valence-electron chi connectivity index (χ0n) is 11.6. The van der Waals surface area contributed by atoms with Crippen LogP contribution in [-0.2, 0) is 6.18 Å². The second kappa shape index (κ2) is 5.24. The second-order valence-corrected chi connectivity index (χ2v) is 4.95. The van der Waals surface area contributed by atoms with Crippen LogP contribution in [0.15, 0.2) is 36.4 Å². The summed E-state index contributed by atoms with van der Waals surface area (Å²) < 4.78 is 37.9. The number of anilines is 1. The summed E-state index contributed by atoms with van der Waals surface area (Å²) in [6.07, 6.45) is -4.42. The summed E-state index contributed by atoms with van der Waals surface area (Å²) in [4.78, 5) is 12.4. The Morgan fingerprint density at radius 3 is 2.24 bits per heavy atom. The third kappa shape index (κ3) is 3.07. The van der Waals surface area contributed by atoms with Gasteiger partial charge in [-0.15, -0.1) is 0 Å². The number of benzene rings is 2. The van der Waals surface area contributed by atoms with Gasteiger partial charge in [-0.3, -0.25) is 4.79 Å². The molecule has 0 radical (unpaired) electrons. The second-order valence-electron chi connectivity index (χ2n) is 4.95. The predicted molar refractivity (Wildman–Crippen MR) is 75.2 cm³/mol. The van der Waals surface area contributed by atoms with Gasteiger partial charge >= 0.3 is 6.18 Å². The van der Waals surface area contributed by atoms with Gasteiger partial charge in [0.1, 0.15) is 0 Å². The van der Waals surface area contributed by atoms with E-state index in [2.05, 4.69) is 0 Å². The van der Waals surface area contributed by atoms with Gasteiger partial charge in [0.15, 0.2) is 5.78 Å². The average molecular weight is 293 g/mol. The maximum Gasteiger partial charge on any atom is 0.416 e. The van der Waals surface area contributed by atoms with E-state index in [9.17, 15) is 18.0 Å². The smallest absolute Gasteiger partial charge is 0.398 e. The molecule has 0 aliphatic carbocycles. The molecule has 0 unspecified atom stereocenters. The molecule has 0 fully saturated rings. The van der Waals surface area contributed by atoms with E-state index in [1.165, 1.54) is 13.0 Å². The number of nitrogen functional groups attached to an aromatic ring is 1. The molecule has 0 amide bonds. The molecule has 2 aromatic carbocycles. The molecule has 5 heteroatoms. The highest BCUT2D eigenvalue weighted by Gasteiger charge is 2.31. The van der Waals surface area contributed by atoms with Crippen molar-refractivity contribution in [2.75, 3.05) is 5.73 Å². The lowest BCUT2D eigenvalue weighted by molar-refractivity contribution is -0.137. The SMILES string of the molecule is Cc1ccc(N)c(C(=O)c2ccc(C(F)(F)F)cc2C)c1. The number of hydrogen-bond acceptors (Lipinski definition) is 2. The molecule has 0 spiro atoms. The molecule has 110 valence electrons. The summed E-state index contributed by atoms with van der Waals surface area (Å²) in [6, 6.07) is 8.09. The third-order valence-electron chi connectivity index (χ3n) is 3.25. The van der Waals surface area contributed by atoms with Crippen LogP contribution in [0, 0.1) is 13.8 Å². The summed E-state index contributed by atoms with van der Waals surface area (Å²) >= 11 is 0. The molecule has 0 atom stereocenters. The Kier molecular flexibility index (Phi) is 3.77. The van der Waals surface area contributed by atoms with Gasteiger partial charge in [-0.25, -0.2) is 0 Å². The van der Waals surface area contributed by atoms with Gasteiger partial charge in [0.05, 0.1) is 5.56 Å². The lowest BCUT2D eigenvalue weighted by Crippen LogP contribution is -2.10. The van der Waals surface area contributed by atoms with E-state index >= 15 is 0 Å². The zero-order chi connectivity index (χ0) is 15.8. The average Bonchev–Trinajstić information content (AvgIpc) is 2.39. The molecule has 2 N–H and O–H groups in total. The van der Waals surface area contributed by atoms with E-state index < -0.39 is 11.7 Å². The Hall–Kier alpha value is -2.30. The van der Waals surface area contributed by atoms with Crippen LogP contribution in [0.1, 0.15) is 32.6 Å². The van der Waals surface area contributed by atoms with Crippen molar-refractivity contribution in [3.8, 4) is 0 Å². The van der Waals surface area contributed by atoms with Crippen molar-refractivity contribution in [1.29, 1.82) is 0 Å². The van der Waals surface area contributed by atoms with Gasteiger partial charge in [0.25, 0.3) is 0 Å². The highest BCUT2D eigenvalue weighted by Crippen LogP contribution is 2.31. The van der Waals surface area contributed by atoms with Crippen molar-refractivity contribution in [2.45, 2.75) is 20.0 Å². The monoisotopic (exact) mass is 293 g/mol. The molecule has 21 heavy (non-hydrogen) atoms. The van der Waals surface area contributed by atoms with E-state index in [0.29, 0.717) is 11.3 Å². The fraction of sp³-hybridized carbons (Fsp3) is 0.188. The van der Waals surface area contributed by atoms with Crippen molar-refractivity contribution < 1.29 is 18.0 Å². The molecule has 2 nitrogen and oxygen atoms in total. The lowest BCUT2D eigenvalue weighted by atomic mass is 9.95. The number of halogens is 3. The maximum absolute atomic E-state index is 12.6. The molecule has 2 aromatic rings. The third-order valence-corrected chi connectivity index (χ3v) is 3.25. The zero-order valence-corrected chi connectivity index (χ0v) is 11.6. The molecule has 0 aliphatic heterocycles. The predicted octanol–water partition coefficient (Wildman–Crippen LogP) is 4.14. The summed E-state index contributed by atoms with van der Waals surface area (Å²) in [5, 5.41) is 0.